The molecule has 2 saturated carbocycles. The first kappa shape index (κ1) is 11.8. The minimum Gasteiger partial charge on any atom is -0.351 e. The molecular formula is C14H21N3O. The van der Waals surface area contributed by atoms with Gasteiger partial charge < -0.3 is 9.88 Å². The summed E-state index contributed by atoms with van der Waals surface area (Å²) < 4.78 is 0. The summed E-state index contributed by atoms with van der Waals surface area (Å²) in [5.74, 6) is 1.19. The Bertz CT molecular complexity index is 384. The molecule has 98 valence electrons. The van der Waals surface area contributed by atoms with Crippen LogP contribution in [0.3, 0.4) is 0 Å². The fourth-order valence-corrected chi connectivity index (χ4v) is 3.26. The first-order chi connectivity index (χ1) is 8.88. The second kappa shape index (κ2) is 5.12. The molecule has 1 aromatic heterocycles. The van der Waals surface area contributed by atoms with Crippen molar-refractivity contribution in [1.82, 2.24) is 14.9 Å². The van der Waals surface area contributed by atoms with Crippen LogP contribution in [-0.2, 0) is 4.79 Å². The molecule has 3 rings (SSSR count). The SMILES string of the molecule is O=CN(CC1CCCCC1)C1CC1c1c[nH]cn1. The molecule has 18 heavy (non-hydrogen) atoms. The number of H-pyrrole nitrogens is 1. The standard InChI is InChI=1S/C14H21N3O/c18-10-17(8-11-4-2-1-3-5-11)14-6-12(14)13-7-15-9-16-13/h7,9-12,14H,1-6,8H2,(H,15,16). The molecule has 0 bridgehead atoms. The average Bonchev–Trinajstić information content (AvgIpc) is 3.02. The second-order valence-corrected chi connectivity index (χ2v) is 5.71. The molecule has 1 heterocycles. The van der Waals surface area contributed by atoms with Crippen molar-refractivity contribution in [2.24, 2.45) is 5.92 Å². The molecule has 2 aliphatic carbocycles. The van der Waals surface area contributed by atoms with Crippen molar-refractivity contribution < 1.29 is 4.79 Å². The highest BCUT2D eigenvalue weighted by atomic mass is 16.1. The van der Waals surface area contributed by atoms with Crippen LogP contribution in [0.25, 0.3) is 0 Å². The molecule has 2 unspecified atom stereocenters. The number of rotatable bonds is 5. The average molecular weight is 247 g/mol. The van der Waals surface area contributed by atoms with Crippen molar-refractivity contribution in [3.8, 4) is 0 Å². The Morgan fingerprint density at radius 2 is 2.22 bits per heavy atom. The number of imidazole rings is 1. The molecule has 0 saturated heterocycles. The van der Waals surface area contributed by atoms with Gasteiger partial charge >= 0.3 is 0 Å². The molecule has 4 nitrogen and oxygen atoms in total. The highest BCUT2D eigenvalue weighted by molar-refractivity contribution is 5.50. The summed E-state index contributed by atoms with van der Waals surface area (Å²) in [4.78, 5) is 20.6. The van der Waals surface area contributed by atoms with Gasteiger partial charge in [0.15, 0.2) is 0 Å². The van der Waals surface area contributed by atoms with E-state index < -0.39 is 0 Å². The van der Waals surface area contributed by atoms with Gasteiger partial charge in [-0.3, -0.25) is 4.79 Å². The lowest BCUT2D eigenvalue weighted by Crippen LogP contribution is -2.32. The van der Waals surface area contributed by atoms with Crippen molar-refractivity contribution in [3.05, 3.63) is 18.2 Å². The summed E-state index contributed by atoms with van der Waals surface area (Å²) in [6.07, 6.45) is 12.4. The van der Waals surface area contributed by atoms with Gasteiger partial charge in [-0.1, -0.05) is 19.3 Å². The predicted molar refractivity (Wildman–Crippen MR) is 69.1 cm³/mol. The molecule has 1 amide bonds. The van der Waals surface area contributed by atoms with E-state index in [9.17, 15) is 4.79 Å². The number of aromatic nitrogens is 2. The van der Waals surface area contributed by atoms with Crippen LogP contribution in [0.5, 0.6) is 0 Å². The molecule has 2 fully saturated rings. The Labute approximate surface area is 108 Å². The zero-order chi connectivity index (χ0) is 12.4. The monoisotopic (exact) mass is 247 g/mol. The van der Waals surface area contributed by atoms with E-state index in [0.717, 1.165) is 31.0 Å². The number of hydrogen-bond acceptors (Lipinski definition) is 2. The van der Waals surface area contributed by atoms with E-state index in [1.165, 1.54) is 32.1 Å². The van der Waals surface area contributed by atoms with E-state index in [0.29, 0.717) is 12.0 Å². The van der Waals surface area contributed by atoms with Crippen LogP contribution in [-0.4, -0.2) is 33.9 Å². The Morgan fingerprint density at radius 3 is 2.89 bits per heavy atom. The molecule has 1 N–H and O–H groups in total. The summed E-state index contributed by atoms with van der Waals surface area (Å²) in [5.41, 5.74) is 1.11. The van der Waals surface area contributed by atoms with Crippen LogP contribution in [0.1, 0.15) is 50.1 Å². The van der Waals surface area contributed by atoms with Gasteiger partial charge in [-0.15, -0.1) is 0 Å². The number of amides is 1. The van der Waals surface area contributed by atoms with Gasteiger partial charge in [0.05, 0.1) is 12.0 Å². The molecule has 2 aliphatic rings. The Hall–Kier alpha value is -1.32. The van der Waals surface area contributed by atoms with Gasteiger partial charge in [-0.25, -0.2) is 4.98 Å². The molecular weight excluding hydrogens is 226 g/mol. The third-order valence-electron chi connectivity index (χ3n) is 4.41. The van der Waals surface area contributed by atoms with Gasteiger partial charge in [0.1, 0.15) is 0 Å². The van der Waals surface area contributed by atoms with Gasteiger partial charge in [0, 0.05) is 24.7 Å². The van der Waals surface area contributed by atoms with E-state index >= 15 is 0 Å². The molecule has 0 aromatic carbocycles. The third kappa shape index (κ3) is 2.42. The van der Waals surface area contributed by atoms with Crippen molar-refractivity contribution in [3.63, 3.8) is 0 Å². The van der Waals surface area contributed by atoms with Crippen molar-refractivity contribution in [2.45, 2.75) is 50.5 Å². The fourth-order valence-electron chi connectivity index (χ4n) is 3.26. The quantitative estimate of drug-likeness (QED) is 0.812. The number of nitrogens with one attached hydrogen (secondary N) is 1. The molecule has 0 aliphatic heterocycles. The van der Waals surface area contributed by atoms with Gasteiger partial charge in [0.2, 0.25) is 6.41 Å². The van der Waals surface area contributed by atoms with Crippen LogP contribution < -0.4 is 0 Å². The topological polar surface area (TPSA) is 49.0 Å². The van der Waals surface area contributed by atoms with Crippen molar-refractivity contribution in [1.29, 1.82) is 0 Å². The van der Waals surface area contributed by atoms with Crippen LogP contribution in [0.2, 0.25) is 0 Å². The summed E-state index contributed by atoms with van der Waals surface area (Å²) >= 11 is 0. The maximum Gasteiger partial charge on any atom is 0.209 e. The summed E-state index contributed by atoms with van der Waals surface area (Å²) in [7, 11) is 0. The maximum absolute atomic E-state index is 11.3. The molecule has 4 heteroatoms. The molecule has 0 spiro atoms. The van der Waals surface area contributed by atoms with Crippen molar-refractivity contribution >= 4 is 6.41 Å². The summed E-state index contributed by atoms with van der Waals surface area (Å²) in [5, 5.41) is 0. The first-order valence-electron chi connectivity index (χ1n) is 7.08. The molecule has 1 aromatic rings. The Morgan fingerprint density at radius 1 is 1.39 bits per heavy atom. The van der Waals surface area contributed by atoms with Crippen LogP contribution in [0.15, 0.2) is 12.5 Å². The lowest BCUT2D eigenvalue weighted by molar-refractivity contribution is -0.119. The zero-order valence-corrected chi connectivity index (χ0v) is 10.7. The minimum absolute atomic E-state index is 0.396. The van der Waals surface area contributed by atoms with Gasteiger partial charge in [-0.2, -0.15) is 0 Å². The van der Waals surface area contributed by atoms with Crippen LogP contribution in [0.4, 0.5) is 0 Å². The van der Waals surface area contributed by atoms with Crippen LogP contribution >= 0.6 is 0 Å². The van der Waals surface area contributed by atoms with Gasteiger partial charge in [-0.05, 0) is 25.2 Å². The molecule has 2 atom stereocenters. The summed E-state index contributed by atoms with van der Waals surface area (Å²) in [6.45, 7) is 0.953. The maximum atomic E-state index is 11.3. The number of carbonyl (C=O) groups excluding carboxylic acids is 1. The van der Waals surface area contributed by atoms with E-state index in [-0.39, 0.29) is 0 Å². The minimum atomic E-state index is 0.396. The first-order valence-corrected chi connectivity index (χ1v) is 7.08. The van der Waals surface area contributed by atoms with Crippen LogP contribution in [0, 0.1) is 5.92 Å². The van der Waals surface area contributed by atoms with E-state index in [1.807, 2.05) is 11.1 Å². The van der Waals surface area contributed by atoms with E-state index in [4.69, 9.17) is 0 Å². The summed E-state index contributed by atoms with van der Waals surface area (Å²) in [6, 6.07) is 0.396. The Balaban J connectivity index is 1.55. The Kier molecular flexibility index (Phi) is 3.35. The largest absolute Gasteiger partial charge is 0.351 e. The highest BCUT2D eigenvalue weighted by Gasteiger charge is 2.44. The zero-order valence-electron chi connectivity index (χ0n) is 10.7. The lowest BCUT2D eigenvalue weighted by atomic mass is 9.89. The third-order valence-corrected chi connectivity index (χ3v) is 4.41. The van der Waals surface area contributed by atoms with E-state index in [2.05, 4.69) is 9.97 Å². The van der Waals surface area contributed by atoms with E-state index in [1.54, 1.807) is 6.33 Å². The molecule has 0 radical (unpaired) electrons. The number of aromatic amines is 1. The fraction of sp³-hybridized carbons (Fsp3) is 0.714. The number of carbonyl (C=O) groups is 1. The van der Waals surface area contributed by atoms with Crippen molar-refractivity contribution in [2.75, 3.05) is 6.54 Å². The predicted octanol–water partition coefficient (Wildman–Crippen LogP) is 2.30. The lowest BCUT2D eigenvalue weighted by Gasteiger charge is -2.27. The number of hydrogen-bond donors (Lipinski definition) is 1. The normalized spacial score (nSPS) is 28.0. The number of nitrogens with zero attached hydrogens (tertiary/aromatic N) is 2. The second-order valence-electron chi connectivity index (χ2n) is 5.71. The highest BCUT2D eigenvalue weighted by Crippen LogP contribution is 2.43. The van der Waals surface area contributed by atoms with Gasteiger partial charge in [0.25, 0.3) is 0 Å². The smallest absolute Gasteiger partial charge is 0.209 e.